The second kappa shape index (κ2) is 4.49. The van der Waals surface area contributed by atoms with Gasteiger partial charge in [0.25, 0.3) is 0 Å². The number of anilines is 1. The van der Waals surface area contributed by atoms with Crippen LogP contribution in [0.2, 0.25) is 0 Å². The maximum absolute atomic E-state index is 13.3. The molecule has 0 aliphatic heterocycles. The van der Waals surface area contributed by atoms with Crippen LogP contribution in [-0.2, 0) is 6.61 Å². The molecule has 2 N–H and O–H groups in total. The zero-order valence-corrected chi connectivity index (χ0v) is 9.06. The molecular weight excluding hydrogens is 232 g/mol. The lowest BCUT2D eigenvalue weighted by Crippen LogP contribution is -2.01. The van der Waals surface area contributed by atoms with Crippen molar-refractivity contribution in [1.29, 1.82) is 0 Å². The molecule has 1 aromatic heterocycles. The summed E-state index contributed by atoms with van der Waals surface area (Å²) in [6.45, 7) is 0.183. The van der Waals surface area contributed by atoms with Crippen LogP contribution >= 0.6 is 11.3 Å². The number of hydrogen-bond donors (Lipinski definition) is 1. The van der Waals surface area contributed by atoms with Crippen LogP contribution in [0.3, 0.4) is 0 Å². The lowest BCUT2D eigenvalue weighted by molar-refractivity contribution is 0.289. The number of nitrogens with two attached hydrogens (primary N) is 1. The Morgan fingerprint density at radius 2 is 2.06 bits per heavy atom. The Kier molecular flexibility index (Phi) is 3.05. The van der Waals surface area contributed by atoms with E-state index in [-0.39, 0.29) is 18.0 Å². The Labute approximate surface area is 95.3 Å². The Morgan fingerprint density at radius 1 is 1.25 bits per heavy atom. The van der Waals surface area contributed by atoms with Gasteiger partial charge in [0.05, 0.1) is 5.69 Å². The molecule has 0 aliphatic carbocycles. The van der Waals surface area contributed by atoms with E-state index in [2.05, 4.69) is 0 Å². The van der Waals surface area contributed by atoms with Crippen LogP contribution in [0.4, 0.5) is 14.5 Å². The van der Waals surface area contributed by atoms with Crippen molar-refractivity contribution in [2.45, 2.75) is 6.61 Å². The molecule has 0 unspecified atom stereocenters. The van der Waals surface area contributed by atoms with E-state index in [9.17, 15) is 8.78 Å². The summed E-state index contributed by atoms with van der Waals surface area (Å²) in [5.41, 5.74) is 5.59. The maximum atomic E-state index is 13.3. The minimum atomic E-state index is -1.04. The monoisotopic (exact) mass is 241 g/mol. The summed E-state index contributed by atoms with van der Waals surface area (Å²) in [5, 5.41) is 1.88. The highest BCUT2D eigenvalue weighted by Crippen LogP contribution is 2.28. The fourth-order valence-electron chi connectivity index (χ4n) is 1.23. The summed E-state index contributed by atoms with van der Waals surface area (Å²) < 4.78 is 31.4. The third-order valence-corrected chi connectivity index (χ3v) is 2.87. The molecule has 0 saturated heterocycles. The van der Waals surface area contributed by atoms with E-state index in [0.29, 0.717) is 0 Å². The smallest absolute Gasteiger partial charge is 0.202 e. The van der Waals surface area contributed by atoms with E-state index >= 15 is 0 Å². The molecule has 0 amide bonds. The second-order valence-corrected chi connectivity index (χ2v) is 4.18. The normalized spacial score (nSPS) is 10.4. The lowest BCUT2D eigenvalue weighted by Gasteiger charge is -2.09. The summed E-state index contributed by atoms with van der Waals surface area (Å²) in [6.07, 6.45) is 0. The zero-order valence-electron chi connectivity index (χ0n) is 8.24. The van der Waals surface area contributed by atoms with Crippen molar-refractivity contribution in [2.24, 2.45) is 0 Å². The Balaban J connectivity index is 2.18. The van der Waals surface area contributed by atoms with Gasteiger partial charge in [0.1, 0.15) is 6.61 Å². The Morgan fingerprint density at radius 3 is 2.75 bits per heavy atom. The van der Waals surface area contributed by atoms with E-state index in [1.165, 1.54) is 17.4 Å². The third-order valence-electron chi connectivity index (χ3n) is 2.02. The molecule has 0 saturated carbocycles. The van der Waals surface area contributed by atoms with E-state index in [1.807, 2.05) is 17.5 Å². The van der Waals surface area contributed by atoms with Gasteiger partial charge in [0, 0.05) is 4.88 Å². The van der Waals surface area contributed by atoms with Gasteiger partial charge in [-0.3, -0.25) is 0 Å². The molecule has 0 aliphatic rings. The molecule has 16 heavy (non-hydrogen) atoms. The predicted molar refractivity (Wildman–Crippen MR) is 59.4 cm³/mol. The minimum absolute atomic E-state index is 0.0930. The largest absolute Gasteiger partial charge is 0.483 e. The molecule has 0 fully saturated rings. The van der Waals surface area contributed by atoms with Crippen molar-refractivity contribution in [2.75, 3.05) is 5.73 Å². The summed E-state index contributed by atoms with van der Waals surface area (Å²) in [7, 11) is 0. The van der Waals surface area contributed by atoms with Gasteiger partial charge in [-0.05, 0) is 23.6 Å². The van der Waals surface area contributed by atoms with Gasteiger partial charge < -0.3 is 10.5 Å². The summed E-state index contributed by atoms with van der Waals surface area (Å²) in [5.74, 6) is -2.24. The van der Waals surface area contributed by atoms with Crippen molar-refractivity contribution in [3.8, 4) is 5.75 Å². The first-order chi connectivity index (χ1) is 7.68. The Bertz CT molecular complexity index is 485. The molecule has 5 heteroatoms. The van der Waals surface area contributed by atoms with Crippen molar-refractivity contribution < 1.29 is 13.5 Å². The van der Waals surface area contributed by atoms with E-state index in [1.54, 1.807) is 0 Å². The number of thiophene rings is 1. The summed E-state index contributed by atoms with van der Waals surface area (Å²) in [6, 6.07) is 5.96. The standard InChI is InChI=1S/C11H9F2NOS/c12-8-3-4-9(14)11(10(8)13)15-6-7-2-1-5-16-7/h1-5H,6,14H2. The van der Waals surface area contributed by atoms with Crippen LogP contribution < -0.4 is 10.5 Å². The number of benzene rings is 1. The molecule has 0 spiro atoms. The van der Waals surface area contributed by atoms with Gasteiger partial charge in [0.15, 0.2) is 11.6 Å². The molecule has 0 atom stereocenters. The number of hydrogen-bond acceptors (Lipinski definition) is 3. The van der Waals surface area contributed by atoms with Crippen LogP contribution in [0, 0.1) is 11.6 Å². The van der Waals surface area contributed by atoms with Gasteiger partial charge in [-0.15, -0.1) is 11.3 Å². The van der Waals surface area contributed by atoms with E-state index in [4.69, 9.17) is 10.5 Å². The molecule has 1 aromatic carbocycles. The molecule has 2 nitrogen and oxygen atoms in total. The average Bonchev–Trinajstić information content (AvgIpc) is 2.77. The van der Waals surface area contributed by atoms with Crippen molar-refractivity contribution in [3.63, 3.8) is 0 Å². The average molecular weight is 241 g/mol. The van der Waals surface area contributed by atoms with Gasteiger partial charge in [-0.25, -0.2) is 4.39 Å². The molecule has 0 radical (unpaired) electrons. The van der Waals surface area contributed by atoms with Crippen LogP contribution in [-0.4, -0.2) is 0 Å². The van der Waals surface area contributed by atoms with E-state index < -0.39 is 11.6 Å². The van der Waals surface area contributed by atoms with Crippen LogP contribution in [0.15, 0.2) is 29.6 Å². The quantitative estimate of drug-likeness (QED) is 0.837. The predicted octanol–water partition coefficient (Wildman–Crippen LogP) is 3.19. The molecule has 0 bridgehead atoms. The highest BCUT2D eigenvalue weighted by molar-refractivity contribution is 7.09. The Hall–Kier alpha value is -1.62. The molecule has 2 aromatic rings. The van der Waals surface area contributed by atoms with Crippen molar-refractivity contribution in [1.82, 2.24) is 0 Å². The number of halogens is 2. The SMILES string of the molecule is Nc1ccc(F)c(F)c1OCc1cccs1. The maximum Gasteiger partial charge on any atom is 0.202 e. The molecule has 2 rings (SSSR count). The first kappa shape index (κ1) is 10.9. The minimum Gasteiger partial charge on any atom is -0.483 e. The highest BCUT2D eigenvalue weighted by Gasteiger charge is 2.13. The molecular formula is C11H9F2NOS. The van der Waals surface area contributed by atoms with E-state index in [0.717, 1.165) is 10.9 Å². The van der Waals surface area contributed by atoms with Crippen molar-refractivity contribution in [3.05, 3.63) is 46.2 Å². The van der Waals surface area contributed by atoms with Gasteiger partial charge >= 0.3 is 0 Å². The third kappa shape index (κ3) is 2.14. The van der Waals surface area contributed by atoms with Gasteiger partial charge in [-0.1, -0.05) is 6.07 Å². The van der Waals surface area contributed by atoms with Crippen LogP contribution in [0.25, 0.3) is 0 Å². The van der Waals surface area contributed by atoms with Crippen LogP contribution in [0.5, 0.6) is 5.75 Å². The fourth-order valence-corrected chi connectivity index (χ4v) is 1.85. The van der Waals surface area contributed by atoms with Gasteiger partial charge in [0.2, 0.25) is 5.82 Å². The first-order valence-corrected chi connectivity index (χ1v) is 5.45. The molecule has 1 heterocycles. The van der Waals surface area contributed by atoms with Crippen molar-refractivity contribution >= 4 is 17.0 Å². The topological polar surface area (TPSA) is 35.2 Å². The number of ether oxygens (including phenoxy) is 1. The molecule has 84 valence electrons. The second-order valence-electron chi connectivity index (χ2n) is 3.15. The number of nitrogen functional groups attached to an aromatic ring is 1. The number of rotatable bonds is 3. The van der Waals surface area contributed by atoms with Gasteiger partial charge in [-0.2, -0.15) is 4.39 Å². The lowest BCUT2D eigenvalue weighted by atomic mass is 10.3. The summed E-state index contributed by atoms with van der Waals surface area (Å²) in [4.78, 5) is 0.920. The zero-order chi connectivity index (χ0) is 11.5. The van der Waals surface area contributed by atoms with Crippen LogP contribution in [0.1, 0.15) is 4.88 Å². The highest BCUT2D eigenvalue weighted by atomic mass is 32.1. The fraction of sp³-hybridized carbons (Fsp3) is 0.0909. The summed E-state index contributed by atoms with van der Waals surface area (Å²) >= 11 is 1.48. The first-order valence-electron chi connectivity index (χ1n) is 4.57.